The first-order chi connectivity index (χ1) is 13.0. The Morgan fingerprint density at radius 3 is 2.74 bits per heavy atom. The predicted molar refractivity (Wildman–Crippen MR) is 99.2 cm³/mol. The summed E-state index contributed by atoms with van der Waals surface area (Å²) in [5.74, 6) is -1.16. The molecule has 0 bridgehead atoms. The van der Waals surface area contributed by atoms with E-state index in [2.05, 4.69) is 10.6 Å². The molecule has 8 heteroatoms. The van der Waals surface area contributed by atoms with Crippen LogP contribution in [0.4, 0.5) is 10.1 Å². The number of hydrogen-bond donors (Lipinski definition) is 2. The molecule has 0 aliphatic carbocycles. The summed E-state index contributed by atoms with van der Waals surface area (Å²) in [5, 5.41) is 5.33. The monoisotopic (exact) mass is 388 g/mol. The molecule has 1 heterocycles. The van der Waals surface area contributed by atoms with Crippen LogP contribution in [0.25, 0.3) is 0 Å². The summed E-state index contributed by atoms with van der Waals surface area (Å²) in [7, 11) is 0. The number of ether oxygens (including phenoxy) is 1. The summed E-state index contributed by atoms with van der Waals surface area (Å²) in [4.78, 5) is 36.2. The van der Waals surface area contributed by atoms with Crippen molar-refractivity contribution in [3.63, 3.8) is 0 Å². The summed E-state index contributed by atoms with van der Waals surface area (Å²) < 4.78 is 17.8. The van der Waals surface area contributed by atoms with Gasteiger partial charge in [-0.15, -0.1) is 11.8 Å². The molecule has 0 radical (unpaired) electrons. The van der Waals surface area contributed by atoms with E-state index in [4.69, 9.17) is 4.74 Å². The SMILES string of the molecule is O=C(COC(=O)c1ccc2c(c1)NC(=O)CS2)NCCc1ccc(F)cc1. The van der Waals surface area contributed by atoms with E-state index < -0.39 is 18.5 Å². The number of esters is 1. The predicted octanol–water partition coefficient (Wildman–Crippen LogP) is 2.39. The van der Waals surface area contributed by atoms with Crippen LogP contribution in [0.3, 0.4) is 0 Å². The molecule has 2 N–H and O–H groups in total. The smallest absolute Gasteiger partial charge is 0.338 e. The van der Waals surface area contributed by atoms with E-state index in [0.717, 1.165) is 10.5 Å². The van der Waals surface area contributed by atoms with Crippen molar-refractivity contribution in [3.05, 3.63) is 59.4 Å². The summed E-state index contributed by atoms with van der Waals surface area (Å²) in [6.45, 7) is -0.0510. The lowest BCUT2D eigenvalue weighted by Gasteiger charge is -2.16. The Hall–Kier alpha value is -2.87. The number of rotatable bonds is 6. The van der Waals surface area contributed by atoms with E-state index >= 15 is 0 Å². The number of anilines is 1. The average Bonchev–Trinajstić information content (AvgIpc) is 2.67. The van der Waals surface area contributed by atoms with Crippen molar-refractivity contribution in [2.45, 2.75) is 11.3 Å². The van der Waals surface area contributed by atoms with Crippen molar-refractivity contribution in [3.8, 4) is 0 Å². The third kappa shape index (κ3) is 5.30. The maximum absolute atomic E-state index is 12.8. The Bertz CT molecular complexity index is 871. The van der Waals surface area contributed by atoms with Crippen LogP contribution in [-0.2, 0) is 20.7 Å². The molecule has 140 valence electrons. The zero-order valence-electron chi connectivity index (χ0n) is 14.3. The summed E-state index contributed by atoms with van der Waals surface area (Å²) in [6, 6.07) is 10.9. The van der Waals surface area contributed by atoms with Gasteiger partial charge in [0.1, 0.15) is 5.82 Å². The van der Waals surface area contributed by atoms with E-state index in [1.54, 1.807) is 24.3 Å². The molecule has 0 unspecified atom stereocenters. The Kier molecular flexibility index (Phi) is 6.08. The van der Waals surface area contributed by atoms with Gasteiger partial charge in [-0.2, -0.15) is 0 Å². The molecule has 2 aromatic rings. The quantitative estimate of drug-likeness (QED) is 0.743. The van der Waals surface area contributed by atoms with Crippen LogP contribution in [0.2, 0.25) is 0 Å². The van der Waals surface area contributed by atoms with Gasteiger partial charge in [0.05, 0.1) is 17.0 Å². The van der Waals surface area contributed by atoms with Gasteiger partial charge in [0, 0.05) is 11.4 Å². The van der Waals surface area contributed by atoms with Gasteiger partial charge in [-0.05, 0) is 42.3 Å². The average molecular weight is 388 g/mol. The molecule has 1 aliphatic heterocycles. The normalized spacial score (nSPS) is 12.7. The molecule has 6 nitrogen and oxygen atoms in total. The topological polar surface area (TPSA) is 84.5 Å². The third-order valence-corrected chi connectivity index (χ3v) is 4.91. The molecule has 3 rings (SSSR count). The standard InChI is InChI=1S/C19H17FN2O4S/c20-14-4-1-12(2-5-14)7-8-21-17(23)10-26-19(25)13-3-6-16-15(9-13)22-18(24)11-27-16/h1-6,9H,7-8,10-11H2,(H,21,23)(H,22,24). The minimum atomic E-state index is -0.642. The molecule has 0 spiro atoms. The molecule has 0 saturated carbocycles. The molecular weight excluding hydrogens is 371 g/mol. The van der Waals surface area contributed by atoms with Crippen LogP contribution in [-0.4, -0.2) is 36.7 Å². The van der Waals surface area contributed by atoms with E-state index in [-0.39, 0.29) is 17.3 Å². The van der Waals surface area contributed by atoms with Crippen molar-refractivity contribution in [2.75, 3.05) is 24.2 Å². The molecule has 2 aromatic carbocycles. The number of fused-ring (bicyclic) bond motifs is 1. The van der Waals surface area contributed by atoms with Gasteiger partial charge in [0.15, 0.2) is 6.61 Å². The molecule has 0 atom stereocenters. The molecule has 0 aromatic heterocycles. The number of benzene rings is 2. The van der Waals surface area contributed by atoms with E-state index in [0.29, 0.717) is 24.4 Å². The second-order valence-electron chi connectivity index (χ2n) is 5.85. The summed E-state index contributed by atoms with van der Waals surface area (Å²) in [6.07, 6.45) is 0.544. The number of carbonyl (C=O) groups is 3. The number of carbonyl (C=O) groups excluding carboxylic acids is 3. The maximum atomic E-state index is 12.8. The van der Waals surface area contributed by atoms with Crippen molar-refractivity contribution in [1.82, 2.24) is 5.32 Å². The first-order valence-electron chi connectivity index (χ1n) is 8.26. The number of amides is 2. The minimum absolute atomic E-state index is 0.126. The highest BCUT2D eigenvalue weighted by Crippen LogP contribution is 2.32. The molecule has 2 amide bonds. The van der Waals surface area contributed by atoms with Gasteiger partial charge < -0.3 is 15.4 Å². The Balaban J connectivity index is 1.44. The van der Waals surface area contributed by atoms with Gasteiger partial charge in [0.25, 0.3) is 5.91 Å². The van der Waals surface area contributed by atoms with Crippen molar-refractivity contribution >= 4 is 35.2 Å². The number of nitrogens with one attached hydrogen (secondary N) is 2. The van der Waals surface area contributed by atoms with Crippen LogP contribution in [0.1, 0.15) is 15.9 Å². The number of thioether (sulfide) groups is 1. The lowest BCUT2D eigenvalue weighted by atomic mass is 10.1. The highest BCUT2D eigenvalue weighted by atomic mass is 32.2. The highest BCUT2D eigenvalue weighted by Gasteiger charge is 2.18. The van der Waals surface area contributed by atoms with Crippen LogP contribution >= 0.6 is 11.8 Å². The van der Waals surface area contributed by atoms with Crippen molar-refractivity contribution < 1.29 is 23.5 Å². The lowest BCUT2D eigenvalue weighted by molar-refractivity contribution is -0.124. The van der Waals surface area contributed by atoms with Gasteiger partial charge in [-0.1, -0.05) is 12.1 Å². The number of hydrogen-bond acceptors (Lipinski definition) is 5. The van der Waals surface area contributed by atoms with Gasteiger partial charge >= 0.3 is 5.97 Å². The van der Waals surface area contributed by atoms with Crippen LogP contribution in [0, 0.1) is 5.82 Å². The van der Waals surface area contributed by atoms with Gasteiger partial charge in [0.2, 0.25) is 5.91 Å². The van der Waals surface area contributed by atoms with Gasteiger partial charge in [-0.25, -0.2) is 9.18 Å². The van der Waals surface area contributed by atoms with E-state index in [1.165, 1.54) is 30.0 Å². The molecule has 1 aliphatic rings. The second kappa shape index (κ2) is 8.68. The fraction of sp³-hybridized carbons (Fsp3) is 0.211. The van der Waals surface area contributed by atoms with Crippen LogP contribution in [0.15, 0.2) is 47.4 Å². The molecular formula is C19H17FN2O4S. The van der Waals surface area contributed by atoms with E-state index in [9.17, 15) is 18.8 Å². The first kappa shape index (κ1) is 18.9. The zero-order valence-corrected chi connectivity index (χ0v) is 15.1. The second-order valence-corrected chi connectivity index (χ2v) is 6.87. The Morgan fingerprint density at radius 1 is 1.19 bits per heavy atom. The molecule has 0 fully saturated rings. The number of halogens is 1. The van der Waals surface area contributed by atoms with Gasteiger partial charge in [-0.3, -0.25) is 9.59 Å². The molecule has 0 saturated heterocycles. The first-order valence-corrected chi connectivity index (χ1v) is 9.25. The Labute approximate surface area is 159 Å². The largest absolute Gasteiger partial charge is 0.452 e. The summed E-state index contributed by atoms with van der Waals surface area (Å²) >= 11 is 1.39. The zero-order chi connectivity index (χ0) is 19.2. The lowest BCUT2D eigenvalue weighted by Crippen LogP contribution is -2.30. The van der Waals surface area contributed by atoms with E-state index in [1.807, 2.05) is 0 Å². The van der Waals surface area contributed by atoms with Crippen LogP contribution < -0.4 is 10.6 Å². The fourth-order valence-corrected chi connectivity index (χ4v) is 3.26. The molecule has 27 heavy (non-hydrogen) atoms. The summed E-state index contributed by atoms with van der Waals surface area (Å²) in [5.41, 5.74) is 1.72. The fourth-order valence-electron chi connectivity index (χ4n) is 2.47. The minimum Gasteiger partial charge on any atom is -0.452 e. The third-order valence-electron chi connectivity index (χ3n) is 3.83. The Morgan fingerprint density at radius 2 is 1.96 bits per heavy atom. The van der Waals surface area contributed by atoms with Crippen LogP contribution in [0.5, 0.6) is 0 Å². The van der Waals surface area contributed by atoms with Crippen molar-refractivity contribution in [1.29, 1.82) is 0 Å². The maximum Gasteiger partial charge on any atom is 0.338 e. The highest BCUT2D eigenvalue weighted by molar-refractivity contribution is 8.00. The van der Waals surface area contributed by atoms with Crippen molar-refractivity contribution in [2.24, 2.45) is 0 Å².